The Balaban J connectivity index is 2.28. The summed E-state index contributed by atoms with van der Waals surface area (Å²) in [5.74, 6) is 5.71. The highest BCUT2D eigenvalue weighted by atomic mass is 19.1. The van der Waals surface area contributed by atoms with E-state index in [0.29, 0.717) is 0 Å². The summed E-state index contributed by atoms with van der Waals surface area (Å²) in [7, 11) is 0. The molecule has 0 spiro atoms. The Labute approximate surface area is 104 Å². The molecule has 0 bridgehead atoms. The van der Waals surface area contributed by atoms with Gasteiger partial charge in [-0.1, -0.05) is 23.8 Å². The van der Waals surface area contributed by atoms with Crippen molar-refractivity contribution in [3.05, 3.63) is 60.0 Å². The monoisotopic (exact) mass is 240 g/mol. The number of halogens is 1. The van der Waals surface area contributed by atoms with Gasteiger partial charge in [0.1, 0.15) is 5.82 Å². The maximum Gasteiger partial charge on any atom is 0.123 e. The summed E-state index contributed by atoms with van der Waals surface area (Å²) in [6.45, 7) is 2.04. The van der Waals surface area contributed by atoms with Crippen LogP contribution in [-0.4, -0.2) is 4.68 Å². The van der Waals surface area contributed by atoms with Gasteiger partial charge < -0.3 is 5.84 Å². The molecule has 1 aromatic heterocycles. The fraction of sp³-hybridized carbons (Fsp3) is 0.0667. The number of nitrogens with zero attached hydrogens (tertiary/aromatic N) is 1. The summed E-state index contributed by atoms with van der Waals surface area (Å²) in [5.41, 5.74) is 4.14. The number of aromatic nitrogens is 1. The van der Waals surface area contributed by atoms with Gasteiger partial charge in [-0.3, -0.25) is 4.68 Å². The lowest BCUT2D eigenvalue weighted by atomic mass is 10.0. The van der Waals surface area contributed by atoms with Gasteiger partial charge in [-0.25, -0.2) is 4.39 Å². The largest absolute Gasteiger partial charge is 0.339 e. The zero-order valence-corrected chi connectivity index (χ0v) is 10.0. The molecule has 3 rings (SSSR count). The number of nitrogens with two attached hydrogens (primary N) is 1. The fourth-order valence-electron chi connectivity index (χ4n) is 2.23. The molecule has 2 nitrogen and oxygen atoms in total. The molecule has 2 N–H and O–H groups in total. The van der Waals surface area contributed by atoms with E-state index in [1.54, 1.807) is 16.8 Å². The Kier molecular flexibility index (Phi) is 2.33. The molecule has 0 atom stereocenters. The average Bonchev–Trinajstić information content (AvgIpc) is 2.67. The van der Waals surface area contributed by atoms with Gasteiger partial charge in [0.15, 0.2) is 0 Å². The first kappa shape index (κ1) is 10.8. The van der Waals surface area contributed by atoms with Crippen molar-refractivity contribution < 1.29 is 4.39 Å². The maximum absolute atomic E-state index is 13.0. The molecular weight excluding hydrogens is 227 g/mol. The summed E-state index contributed by atoms with van der Waals surface area (Å²) in [6, 6.07) is 12.6. The van der Waals surface area contributed by atoms with Crippen molar-refractivity contribution in [1.29, 1.82) is 0 Å². The van der Waals surface area contributed by atoms with Crippen LogP contribution in [0.5, 0.6) is 0 Å². The van der Waals surface area contributed by atoms with Crippen molar-refractivity contribution >= 4 is 10.9 Å². The van der Waals surface area contributed by atoms with Crippen LogP contribution in [0.25, 0.3) is 22.0 Å². The number of hydrogen-bond acceptors (Lipinski definition) is 1. The van der Waals surface area contributed by atoms with Crippen molar-refractivity contribution in [2.75, 3.05) is 5.84 Å². The van der Waals surface area contributed by atoms with Crippen LogP contribution in [0.1, 0.15) is 5.56 Å². The Hall–Kier alpha value is -2.29. The SMILES string of the molecule is Cc1ccc2c(c1)c(-c1ccc(F)cc1)cn2N. The van der Waals surface area contributed by atoms with E-state index in [1.165, 1.54) is 17.7 Å². The summed E-state index contributed by atoms with van der Waals surface area (Å²) in [4.78, 5) is 0. The van der Waals surface area contributed by atoms with E-state index >= 15 is 0 Å². The normalized spacial score (nSPS) is 11.0. The molecule has 0 radical (unpaired) electrons. The highest BCUT2D eigenvalue weighted by Gasteiger charge is 2.09. The topological polar surface area (TPSA) is 30.9 Å². The predicted molar refractivity (Wildman–Crippen MR) is 72.2 cm³/mol. The maximum atomic E-state index is 13.0. The molecule has 0 amide bonds. The van der Waals surface area contributed by atoms with E-state index in [0.717, 1.165) is 22.0 Å². The molecular formula is C15H13FN2. The van der Waals surface area contributed by atoms with Crippen LogP contribution in [0.3, 0.4) is 0 Å². The Morgan fingerprint density at radius 2 is 1.78 bits per heavy atom. The highest BCUT2D eigenvalue weighted by Crippen LogP contribution is 2.30. The molecule has 2 aromatic carbocycles. The summed E-state index contributed by atoms with van der Waals surface area (Å²) < 4.78 is 14.6. The minimum atomic E-state index is -0.230. The number of rotatable bonds is 1. The molecule has 3 aromatic rings. The predicted octanol–water partition coefficient (Wildman–Crippen LogP) is 3.47. The first-order valence-electron chi connectivity index (χ1n) is 5.78. The number of aryl methyl sites for hydroxylation is 1. The third-order valence-electron chi connectivity index (χ3n) is 3.14. The van der Waals surface area contributed by atoms with Crippen molar-refractivity contribution in [3.63, 3.8) is 0 Å². The first-order chi connectivity index (χ1) is 8.65. The van der Waals surface area contributed by atoms with Gasteiger partial charge in [-0.15, -0.1) is 0 Å². The second kappa shape index (κ2) is 3.88. The van der Waals surface area contributed by atoms with Gasteiger partial charge >= 0.3 is 0 Å². The average molecular weight is 240 g/mol. The molecule has 90 valence electrons. The third kappa shape index (κ3) is 1.64. The lowest BCUT2D eigenvalue weighted by molar-refractivity contribution is 0.628. The van der Waals surface area contributed by atoms with E-state index in [2.05, 4.69) is 6.07 Å². The minimum Gasteiger partial charge on any atom is -0.339 e. The lowest BCUT2D eigenvalue weighted by Crippen LogP contribution is -2.04. The van der Waals surface area contributed by atoms with E-state index in [-0.39, 0.29) is 5.82 Å². The van der Waals surface area contributed by atoms with E-state index in [1.807, 2.05) is 25.3 Å². The van der Waals surface area contributed by atoms with Gasteiger partial charge in [0.2, 0.25) is 0 Å². The molecule has 0 unspecified atom stereocenters. The number of nitrogen functional groups attached to an aromatic ring is 1. The van der Waals surface area contributed by atoms with Crippen molar-refractivity contribution in [3.8, 4) is 11.1 Å². The standard InChI is InChI=1S/C15H13FN2/c1-10-2-7-15-13(8-10)14(9-18(15)17)11-3-5-12(16)6-4-11/h2-9H,17H2,1H3. The minimum absolute atomic E-state index is 0.230. The number of benzene rings is 2. The van der Waals surface area contributed by atoms with Gasteiger partial charge in [-0.05, 0) is 36.8 Å². The highest BCUT2D eigenvalue weighted by molar-refractivity contribution is 5.96. The van der Waals surface area contributed by atoms with Gasteiger partial charge in [0.25, 0.3) is 0 Å². The molecule has 0 aliphatic carbocycles. The quantitative estimate of drug-likeness (QED) is 0.649. The molecule has 0 saturated heterocycles. The van der Waals surface area contributed by atoms with Crippen LogP contribution in [-0.2, 0) is 0 Å². The van der Waals surface area contributed by atoms with E-state index < -0.39 is 0 Å². The molecule has 3 heteroatoms. The van der Waals surface area contributed by atoms with Gasteiger partial charge in [-0.2, -0.15) is 0 Å². The van der Waals surface area contributed by atoms with Crippen molar-refractivity contribution in [2.45, 2.75) is 6.92 Å². The molecule has 0 saturated carbocycles. The van der Waals surface area contributed by atoms with Crippen LogP contribution in [0, 0.1) is 12.7 Å². The molecule has 0 fully saturated rings. The van der Waals surface area contributed by atoms with E-state index in [9.17, 15) is 4.39 Å². The van der Waals surface area contributed by atoms with Crippen LogP contribution in [0.15, 0.2) is 48.7 Å². The molecule has 1 heterocycles. The van der Waals surface area contributed by atoms with Gasteiger partial charge in [0, 0.05) is 17.1 Å². The van der Waals surface area contributed by atoms with Crippen molar-refractivity contribution in [2.24, 2.45) is 0 Å². The fourth-order valence-corrected chi connectivity index (χ4v) is 2.23. The van der Waals surface area contributed by atoms with Crippen LogP contribution >= 0.6 is 0 Å². The third-order valence-corrected chi connectivity index (χ3v) is 3.14. The lowest BCUT2D eigenvalue weighted by Gasteiger charge is -2.00. The zero-order chi connectivity index (χ0) is 12.7. The first-order valence-corrected chi connectivity index (χ1v) is 5.78. The van der Waals surface area contributed by atoms with Crippen LogP contribution < -0.4 is 5.84 Å². The summed E-state index contributed by atoms with van der Waals surface area (Å²) >= 11 is 0. The summed E-state index contributed by atoms with van der Waals surface area (Å²) in [5, 5.41) is 1.09. The Morgan fingerprint density at radius 3 is 2.50 bits per heavy atom. The number of hydrogen-bond donors (Lipinski definition) is 1. The Bertz CT molecular complexity index is 711. The molecule has 0 aliphatic heterocycles. The van der Waals surface area contributed by atoms with E-state index in [4.69, 9.17) is 5.84 Å². The Morgan fingerprint density at radius 1 is 1.06 bits per heavy atom. The summed E-state index contributed by atoms with van der Waals surface area (Å²) in [6.07, 6.45) is 1.87. The second-order valence-electron chi connectivity index (χ2n) is 4.48. The smallest absolute Gasteiger partial charge is 0.123 e. The number of fused-ring (bicyclic) bond motifs is 1. The zero-order valence-electron chi connectivity index (χ0n) is 10.0. The van der Waals surface area contributed by atoms with Crippen LogP contribution in [0.2, 0.25) is 0 Å². The van der Waals surface area contributed by atoms with Gasteiger partial charge in [0.05, 0.1) is 5.52 Å². The second-order valence-corrected chi connectivity index (χ2v) is 4.48. The van der Waals surface area contributed by atoms with Crippen LogP contribution in [0.4, 0.5) is 4.39 Å². The molecule has 18 heavy (non-hydrogen) atoms. The molecule has 0 aliphatic rings. The van der Waals surface area contributed by atoms with Crippen molar-refractivity contribution in [1.82, 2.24) is 4.68 Å².